The van der Waals surface area contributed by atoms with E-state index in [1.54, 1.807) is 6.07 Å². The number of amides is 1. The molecule has 0 heterocycles. The van der Waals surface area contributed by atoms with Gasteiger partial charge in [-0.15, -0.1) is 12.6 Å². The van der Waals surface area contributed by atoms with E-state index in [1.807, 2.05) is 43.3 Å². The summed E-state index contributed by atoms with van der Waals surface area (Å²) in [5.41, 5.74) is 2.60. The maximum atomic E-state index is 12.1. The molecule has 0 bridgehead atoms. The number of halogens is 1. The van der Waals surface area contributed by atoms with Crippen molar-refractivity contribution in [2.75, 3.05) is 0 Å². The predicted molar refractivity (Wildman–Crippen MR) is 81.1 cm³/mol. The van der Waals surface area contributed by atoms with Crippen LogP contribution >= 0.6 is 24.2 Å². The van der Waals surface area contributed by atoms with Gasteiger partial charge in [-0.05, 0) is 42.3 Å². The van der Waals surface area contributed by atoms with Crippen molar-refractivity contribution in [3.63, 3.8) is 0 Å². The van der Waals surface area contributed by atoms with Crippen molar-refractivity contribution in [3.8, 4) is 0 Å². The van der Waals surface area contributed by atoms with E-state index in [0.717, 1.165) is 16.0 Å². The summed E-state index contributed by atoms with van der Waals surface area (Å²) < 4.78 is 0. The van der Waals surface area contributed by atoms with Gasteiger partial charge < -0.3 is 5.32 Å². The fraction of sp³-hybridized carbons (Fsp3) is 0.133. The fourth-order valence-electron chi connectivity index (χ4n) is 1.73. The van der Waals surface area contributed by atoms with E-state index in [-0.39, 0.29) is 5.91 Å². The van der Waals surface area contributed by atoms with Gasteiger partial charge in [0.2, 0.25) is 0 Å². The molecule has 1 amide bonds. The third kappa shape index (κ3) is 3.75. The van der Waals surface area contributed by atoms with Gasteiger partial charge in [0, 0.05) is 22.0 Å². The SMILES string of the molecule is Cc1ccc(S)cc1C(=O)NCc1ccc(Cl)cc1. The Labute approximate surface area is 123 Å². The highest BCUT2D eigenvalue weighted by Crippen LogP contribution is 2.14. The molecule has 0 fully saturated rings. The number of rotatable bonds is 3. The number of nitrogens with one attached hydrogen (secondary N) is 1. The largest absolute Gasteiger partial charge is 0.348 e. The maximum absolute atomic E-state index is 12.1. The van der Waals surface area contributed by atoms with Crippen LogP contribution in [-0.2, 0) is 6.54 Å². The van der Waals surface area contributed by atoms with Gasteiger partial charge in [-0.3, -0.25) is 4.79 Å². The minimum atomic E-state index is -0.0941. The molecule has 0 unspecified atom stereocenters. The Balaban J connectivity index is 2.05. The number of hydrogen-bond acceptors (Lipinski definition) is 2. The van der Waals surface area contributed by atoms with Crippen LogP contribution in [0.5, 0.6) is 0 Å². The lowest BCUT2D eigenvalue weighted by Crippen LogP contribution is -2.23. The van der Waals surface area contributed by atoms with Crippen molar-refractivity contribution >= 4 is 30.1 Å². The Bertz CT molecular complexity index is 596. The molecule has 4 heteroatoms. The molecule has 0 saturated carbocycles. The van der Waals surface area contributed by atoms with E-state index < -0.39 is 0 Å². The lowest BCUT2D eigenvalue weighted by atomic mass is 10.1. The minimum Gasteiger partial charge on any atom is -0.348 e. The van der Waals surface area contributed by atoms with Crippen LogP contribution in [0.25, 0.3) is 0 Å². The molecule has 2 aromatic carbocycles. The number of carbonyl (C=O) groups excluding carboxylic acids is 1. The first-order valence-electron chi connectivity index (χ1n) is 5.88. The molecule has 0 spiro atoms. The van der Waals surface area contributed by atoms with Gasteiger partial charge in [-0.1, -0.05) is 29.8 Å². The van der Waals surface area contributed by atoms with E-state index >= 15 is 0 Å². The molecule has 0 aliphatic heterocycles. The molecule has 0 aliphatic carbocycles. The Hall–Kier alpha value is -1.45. The minimum absolute atomic E-state index is 0.0941. The summed E-state index contributed by atoms with van der Waals surface area (Å²) in [7, 11) is 0. The Morgan fingerprint density at radius 2 is 1.89 bits per heavy atom. The van der Waals surface area contributed by atoms with Gasteiger partial charge in [0.25, 0.3) is 5.91 Å². The molecule has 0 aromatic heterocycles. The molecule has 0 aliphatic rings. The van der Waals surface area contributed by atoms with Crippen molar-refractivity contribution in [2.45, 2.75) is 18.4 Å². The number of aryl methyl sites for hydroxylation is 1. The molecule has 19 heavy (non-hydrogen) atoms. The molecule has 0 radical (unpaired) electrons. The Kier molecular flexibility index (Phi) is 4.51. The number of carbonyl (C=O) groups is 1. The van der Waals surface area contributed by atoms with Crippen molar-refractivity contribution < 1.29 is 4.79 Å². The second-order valence-electron chi connectivity index (χ2n) is 4.31. The Morgan fingerprint density at radius 1 is 1.21 bits per heavy atom. The first-order valence-corrected chi connectivity index (χ1v) is 6.71. The van der Waals surface area contributed by atoms with Crippen molar-refractivity contribution in [1.82, 2.24) is 5.32 Å². The van der Waals surface area contributed by atoms with E-state index in [2.05, 4.69) is 17.9 Å². The maximum Gasteiger partial charge on any atom is 0.251 e. The summed E-state index contributed by atoms with van der Waals surface area (Å²) >= 11 is 10.1. The summed E-state index contributed by atoms with van der Waals surface area (Å²) in [6, 6.07) is 12.9. The average Bonchev–Trinajstić information content (AvgIpc) is 2.40. The van der Waals surface area contributed by atoms with E-state index in [0.29, 0.717) is 17.1 Å². The van der Waals surface area contributed by atoms with E-state index in [4.69, 9.17) is 11.6 Å². The van der Waals surface area contributed by atoms with Gasteiger partial charge in [-0.2, -0.15) is 0 Å². The second-order valence-corrected chi connectivity index (χ2v) is 5.26. The predicted octanol–water partition coefficient (Wildman–Crippen LogP) is 3.87. The summed E-state index contributed by atoms with van der Waals surface area (Å²) in [6.07, 6.45) is 0. The first-order chi connectivity index (χ1) is 9.06. The highest BCUT2D eigenvalue weighted by Gasteiger charge is 2.08. The normalized spacial score (nSPS) is 10.3. The van der Waals surface area contributed by atoms with Crippen molar-refractivity contribution in [3.05, 3.63) is 64.2 Å². The zero-order chi connectivity index (χ0) is 13.8. The zero-order valence-corrected chi connectivity index (χ0v) is 12.1. The van der Waals surface area contributed by atoms with Crippen LogP contribution in [0.4, 0.5) is 0 Å². The fourth-order valence-corrected chi connectivity index (χ4v) is 2.06. The lowest BCUT2D eigenvalue weighted by molar-refractivity contribution is 0.0950. The molecule has 2 nitrogen and oxygen atoms in total. The molecule has 0 atom stereocenters. The summed E-state index contributed by atoms with van der Waals surface area (Å²) in [5.74, 6) is -0.0941. The second kappa shape index (κ2) is 6.13. The van der Waals surface area contributed by atoms with E-state index in [1.165, 1.54) is 0 Å². The standard InChI is InChI=1S/C15H14ClNOS/c1-10-2-7-13(19)8-14(10)15(18)17-9-11-3-5-12(16)6-4-11/h2-8,19H,9H2,1H3,(H,17,18). The van der Waals surface area contributed by atoms with Crippen molar-refractivity contribution in [2.24, 2.45) is 0 Å². The summed E-state index contributed by atoms with van der Waals surface area (Å²) in [6.45, 7) is 2.39. The highest BCUT2D eigenvalue weighted by molar-refractivity contribution is 7.80. The van der Waals surface area contributed by atoms with Crippen LogP contribution in [-0.4, -0.2) is 5.91 Å². The van der Waals surface area contributed by atoms with Crippen LogP contribution in [0.3, 0.4) is 0 Å². The number of benzene rings is 2. The topological polar surface area (TPSA) is 29.1 Å². The molecule has 0 saturated heterocycles. The van der Waals surface area contributed by atoms with Gasteiger partial charge in [0.1, 0.15) is 0 Å². The molecule has 2 rings (SSSR count). The summed E-state index contributed by atoms with van der Waals surface area (Å²) in [4.78, 5) is 12.9. The van der Waals surface area contributed by atoms with Gasteiger partial charge >= 0.3 is 0 Å². The smallest absolute Gasteiger partial charge is 0.251 e. The van der Waals surface area contributed by atoms with Gasteiger partial charge in [-0.25, -0.2) is 0 Å². The monoisotopic (exact) mass is 291 g/mol. The molecular weight excluding hydrogens is 278 g/mol. The highest BCUT2D eigenvalue weighted by atomic mass is 35.5. The van der Waals surface area contributed by atoms with Gasteiger partial charge in [0.15, 0.2) is 0 Å². The molecule has 1 N–H and O–H groups in total. The summed E-state index contributed by atoms with van der Waals surface area (Å²) in [5, 5.41) is 3.58. The van der Waals surface area contributed by atoms with Crippen LogP contribution in [0, 0.1) is 6.92 Å². The molecular formula is C15H14ClNOS. The average molecular weight is 292 g/mol. The van der Waals surface area contributed by atoms with Crippen LogP contribution < -0.4 is 5.32 Å². The van der Waals surface area contributed by atoms with Crippen LogP contribution in [0.15, 0.2) is 47.4 Å². The lowest BCUT2D eigenvalue weighted by Gasteiger charge is -2.08. The third-order valence-electron chi connectivity index (χ3n) is 2.83. The van der Waals surface area contributed by atoms with Crippen LogP contribution in [0.2, 0.25) is 5.02 Å². The van der Waals surface area contributed by atoms with E-state index in [9.17, 15) is 4.79 Å². The quantitative estimate of drug-likeness (QED) is 0.826. The number of hydrogen-bond donors (Lipinski definition) is 2. The third-order valence-corrected chi connectivity index (χ3v) is 3.36. The van der Waals surface area contributed by atoms with Crippen LogP contribution in [0.1, 0.15) is 21.5 Å². The molecule has 98 valence electrons. The first kappa shape index (κ1) is 14.0. The molecule has 2 aromatic rings. The zero-order valence-electron chi connectivity index (χ0n) is 10.5. The van der Waals surface area contributed by atoms with Crippen molar-refractivity contribution in [1.29, 1.82) is 0 Å². The Morgan fingerprint density at radius 3 is 2.58 bits per heavy atom. The van der Waals surface area contributed by atoms with Gasteiger partial charge in [0.05, 0.1) is 0 Å². The number of thiol groups is 1.